The van der Waals surface area contributed by atoms with Crippen LogP contribution in [0.5, 0.6) is 17.2 Å². The van der Waals surface area contributed by atoms with Crippen LogP contribution in [0, 0.1) is 0 Å². The summed E-state index contributed by atoms with van der Waals surface area (Å²) in [6, 6.07) is 3.74. The molecule has 0 radical (unpaired) electrons. The van der Waals surface area contributed by atoms with Gasteiger partial charge in [-0.25, -0.2) is 0 Å². The molecule has 0 N–H and O–H groups in total. The Morgan fingerprint density at radius 2 is 2.33 bits per heavy atom. The summed E-state index contributed by atoms with van der Waals surface area (Å²) < 4.78 is 15.8. The molecule has 4 heteroatoms. The number of rotatable bonds is 4. The van der Waals surface area contributed by atoms with Crippen molar-refractivity contribution in [2.45, 2.75) is 12.8 Å². The second-order valence-corrected chi connectivity index (χ2v) is 3.20. The Morgan fingerprint density at radius 1 is 1.47 bits per heavy atom. The molecule has 80 valence electrons. The summed E-state index contributed by atoms with van der Waals surface area (Å²) in [5.74, 6) is 2.01. The lowest BCUT2D eigenvalue weighted by Gasteiger charge is -2.09. The van der Waals surface area contributed by atoms with E-state index in [0.717, 1.165) is 11.8 Å². The summed E-state index contributed by atoms with van der Waals surface area (Å²) in [5.41, 5.74) is 0.967. The van der Waals surface area contributed by atoms with Crippen molar-refractivity contribution in [1.29, 1.82) is 0 Å². The number of fused-ring (bicyclic) bond motifs is 1. The number of carbonyl (C=O) groups is 1. The second kappa shape index (κ2) is 4.21. The number of carbonyl (C=O) groups excluding carboxylic acids is 1. The van der Waals surface area contributed by atoms with Crippen LogP contribution in [-0.2, 0) is 11.2 Å². The number of aryl methyl sites for hydroxylation is 1. The number of ether oxygens (including phenoxy) is 3. The van der Waals surface area contributed by atoms with E-state index in [0.29, 0.717) is 30.1 Å². The Bertz CT molecular complexity index is 373. The lowest BCUT2D eigenvalue weighted by molar-refractivity contribution is -0.107. The maximum atomic E-state index is 10.3. The molecule has 1 aromatic carbocycles. The first kappa shape index (κ1) is 9.83. The SMILES string of the molecule is COc1c(CCC=O)ccc2c1OCO2. The zero-order chi connectivity index (χ0) is 10.7. The fraction of sp³-hybridized carbons (Fsp3) is 0.364. The summed E-state index contributed by atoms with van der Waals surface area (Å²) in [6.07, 6.45) is 2.03. The van der Waals surface area contributed by atoms with Crippen molar-refractivity contribution in [3.05, 3.63) is 17.7 Å². The van der Waals surface area contributed by atoms with Gasteiger partial charge in [0, 0.05) is 6.42 Å². The third kappa shape index (κ3) is 1.75. The van der Waals surface area contributed by atoms with Gasteiger partial charge in [-0.3, -0.25) is 0 Å². The van der Waals surface area contributed by atoms with Gasteiger partial charge in [-0.15, -0.1) is 0 Å². The molecule has 2 rings (SSSR count). The van der Waals surface area contributed by atoms with Crippen LogP contribution in [0.25, 0.3) is 0 Å². The zero-order valence-corrected chi connectivity index (χ0v) is 8.49. The molecule has 0 saturated heterocycles. The van der Waals surface area contributed by atoms with Crippen molar-refractivity contribution in [1.82, 2.24) is 0 Å². The minimum absolute atomic E-state index is 0.225. The van der Waals surface area contributed by atoms with Crippen molar-refractivity contribution in [2.75, 3.05) is 13.9 Å². The van der Waals surface area contributed by atoms with Crippen molar-refractivity contribution < 1.29 is 19.0 Å². The number of benzene rings is 1. The van der Waals surface area contributed by atoms with E-state index in [2.05, 4.69) is 0 Å². The molecule has 1 aliphatic rings. The van der Waals surface area contributed by atoms with E-state index in [-0.39, 0.29) is 6.79 Å². The van der Waals surface area contributed by atoms with E-state index in [1.807, 2.05) is 12.1 Å². The quantitative estimate of drug-likeness (QED) is 0.704. The highest BCUT2D eigenvalue weighted by molar-refractivity contribution is 5.58. The van der Waals surface area contributed by atoms with Crippen LogP contribution in [0.4, 0.5) is 0 Å². The maximum absolute atomic E-state index is 10.3. The number of aldehydes is 1. The fourth-order valence-electron chi connectivity index (χ4n) is 1.62. The molecule has 0 aliphatic carbocycles. The predicted molar refractivity (Wildman–Crippen MR) is 53.5 cm³/mol. The van der Waals surface area contributed by atoms with Gasteiger partial charge in [-0.2, -0.15) is 0 Å². The largest absolute Gasteiger partial charge is 0.492 e. The summed E-state index contributed by atoms with van der Waals surface area (Å²) >= 11 is 0. The van der Waals surface area contributed by atoms with Gasteiger partial charge in [-0.1, -0.05) is 6.07 Å². The van der Waals surface area contributed by atoms with Gasteiger partial charge in [0.1, 0.15) is 6.29 Å². The smallest absolute Gasteiger partial charge is 0.231 e. The van der Waals surface area contributed by atoms with Crippen LogP contribution in [0.3, 0.4) is 0 Å². The molecular formula is C11H12O4. The monoisotopic (exact) mass is 208 g/mol. The van der Waals surface area contributed by atoms with Crippen LogP contribution in [0.2, 0.25) is 0 Å². The predicted octanol–water partition coefficient (Wildman–Crippen LogP) is 1.56. The zero-order valence-electron chi connectivity index (χ0n) is 8.49. The molecule has 1 aliphatic heterocycles. The van der Waals surface area contributed by atoms with Gasteiger partial charge in [0.15, 0.2) is 11.5 Å². The van der Waals surface area contributed by atoms with Crippen molar-refractivity contribution in [3.8, 4) is 17.2 Å². The number of hydrogen-bond donors (Lipinski definition) is 0. The summed E-state index contributed by atoms with van der Waals surface area (Å²) in [5, 5.41) is 0. The van der Waals surface area contributed by atoms with Crippen LogP contribution in [-0.4, -0.2) is 20.2 Å². The van der Waals surface area contributed by atoms with Crippen LogP contribution in [0.15, 0.2) is 12.1 Å². The molecule has 0 fully saturated rings. The molecule has 1 aromatic rings. The third-order valence-electron chi connectivity index (χ3n) is 2.31. The van der Waals surface area contributed by atoms with E-state index in [4.69, 9.17) is 14.2 Å². The molecule has 0 saturated carbocycles. The van der Waals surface area contributed by atoms with Crippen LogP contribution >= 0.6 is 0 Å². The molecule has 0 atom stereocenters. The van der Waals surface area contributed by atoms with Gasteiger partial charge in [-0.05, 0) is 18.1 Å². The highest BCUT2D eigenvalue weighted by atomic mass is 16.7. The molecule has 15 heavy (non-hydrogen) atoms. The van der Waals surface area contributed by atoms with Crippen molar-refractivity contribution >= 4 is 6.29 Å². The summed E-state index contributed by atoms with van der Waals surface area (Å²) in [6.45, 7) is 0.225. The molecule has 0 unspecified atom stereocenters. The molecule has 1 heterocycles. The molecule has 0 spiro atoms. The first-order valence-electron chi connectivity index (χ1n) is 4.76. The van der Waals surface area contributed by atoms with Gasteiger partial charge in [0.2, 0.25) is 12.5 Å². The van der Waals surface area contributed by atoms with E-state index >= 15 is 0 Å². The third-order valence-corrected chi connectivity index (χ3v) is 2.31. The summed E-state index contributed by atoms with van der Waals surface area (Å²) in [4.78, 5) is 10.3. The average Bonchev–Trinajstić information content (AvgIpc) is 2.73. The molecule has 0 bridgehead atoms. The fourth-order valence-corrected chi connectivity index (χ4v) is 1.62. The maximum Gasteiger partial charge on any atom is 0.231 e. The number of hydrogen-bond acceptors (Lipinski definition) is 4. The van der Waals surface area contributed by atoms with Crippen LogP contribution < -0.4 is 14.2 Å². The average molecular weight is 208 g/mol. The summed E-state index contributed by atoms with van der Waals surface area (Å²) in [7, 11) is 1.59. The second-order valence-electron chi connectivity index (χ2n) is 3.20. The van der Waals surface area contributed by atoms with Gasteiger partial charge >= 0.3 is 0 Å². The highest BCUT2D eigenvalue weighted by Gasteiger charge is 2.21. The Labute approximate surface area is 87.8 Å². The Morgan fingerprint density at radius 3 is 3.07 bits per heavy atom. The Balaban J connectivity index is 2.34. The minimum atomic E-state index is 0.225. The van der Waals surface area contributed by atoms with E-state index in [9.17, 15) is 4.79 Å². The standard InChI is InChI=1S/C11H12O4/c1-13-10-8(3-2-6-12)4-5-9-11(10)15-7-14-9/h4-6H,2-3,7H2,1H3. The van der Waals surface area contributed by atoms with Gasteiger partial charge in [0.05, 0.1) is 7.11 Å². The lowest BCUT2D eigenvalue weighted by atomic mass is 10.1. The topological polar surface area (TPSA) is 44.8 Å². The first-order chi connectivity index (χ1) is 7.36. The lowest BCUT2D eigenvalue weighted by Crippen LogP contribution is -1.96. The first-order valence-corrected chi connectivity index (χ1v) is 4.76. The number of methoxy groups -OCH3 is 1. The van der Waals surface area contributed by atoms with Crippen molar-refractivity contribution in [3.63, 3.8) is 0 Å². The van der Waals surface area contributed by atoms with Gasteiger partial charge < -0.3 is 19.0 Å². The van der Waals surface area contributed by atoms with E-state index < -0.39 is 0 Å². The Kier molecular flexibility index (Phi) is 2.76. The van der Waals surface area contributed by atoms with E-state index in [1.54, 1.807) is 7.11 Å². The molecule has 0 aromatic heterocycles. The van der Waals surface area contributed by atoms with Gasteiger partial charge in [0.25, 0.3) is 0 Å². The highest BCUT2D eigenvalue weighted by Crippen LogP contribution is 2.43. The molecule has 0 amide bonds. The Hall–Kier alpha value is -1.71. The molecule has 4 nitrogen and oxygen atoms in total. The van der Waals surface area contributed by atoms with Crippen LogP contribution in [0.1, 0.15) is 12.0 Å². The molecular weight excluding hydrogens is 196 g/mol. The minimum Gasteiger partial charge on any atom is -0.492 e. The normalized spacial score (nSPS) is 12.6. The van der Waals surface area contributed by atoms with E-state index in [1.165, 1.54) is 0 Å². The van der Waals surface area contributed by atoms with Crippen molar-refractivity contribution in [2.24, 2.45) is 0 Å².